The average molecular weight is 368 g/mol. The largest absolute Gasteiger partial charge is 0.497 e. The number of benzene rings is 1. The summed E-state index contributed by atoms with van der Waals surface area (Å²) in [5.41, 5.74) is 0.274. The van der Waals surface area contributed by atoms with E-state index in [1.165, 1.54) is 4.57 Å². The number of aryl methyl sites for hydroxylation is 2. The first kappa shape index (κ1) is 18.5. The summed E-state index contributed by atoms with van der Waals surface area (Å²) in [4.78, 5) is 30.2. The van der Waals surface area contributed by atoms with Crippen LogP contribution in [0.1, 0.15) is 6.42 Å². The number of aliphatic hydroxyl groups is 1. The normalized spacial score (nSPS) is 10.9. The molecule has 0 bridgehead atoms. The van der Waals surface area contributed by atoms with Gasteiger partial charge in [-0.1, -0.05) is 18.1 Å². The van der Waals surface area contributed by atoms with Crippen LogP contribution in [-0.2, 0) is 20.1 Å². The van der Waals surface area contributed by atoms with Gasteiger partial charge in [0.1, 0.15) is 11.6 Å². The predicted octanol–water partition coefficient (Wildman–Crippen LogP) is 0.588. The van der Waals surface area contributed by atoms with Gasteiger partial charge in [0, 0.05) is 25.8 Å². The van der Waals surface area contributed by atoms with Crippen LogP contribution in [0, 0.1) is 12.3 Å². The van der Waals surface area contributed by atoms with Crippen molar-refractivity contribution >= 4 is 11.2 Å². The Hall–Kier alpha value is -3.31. The number of methoxy groups -OCH3 is 1. The van der Waals surface area contributed by atoms with Crippen LogP contribution in [-0.4, -0.2) is 37.5 Å². The average Bonchev–Trinajstić information content (AvgIpc) is 3.02. The molecule has 0 aliphatic heterocycles. The highest BCUT2D eigenvalue weighted by Crippen LogP contribution is 2.25. The van der Waals surface area contributed by atoms with Gasteiger partial charge in [-0.25, -0.2) is 14.3 Å². The van der Waals surface area contributed by atoms with Gasteiger partial charge in [0.15, 0.2) is 11.2 Å². The van der Waals surface area contributed by atoms with Crippen molar-refractivity contribution in [1.29, 1.82) is 0 Å². The Kier molecular flexibility index (Phi) is 5.14. The second-order valence-corrected chi connectivity index (χ2v) is 6.01. The molecular formula is C19H20N4O4. The third kappa shape index (κ3) is 3.13. The molecule has 3 rings (SSSR count). The van der Waals surface area contributed by atoms with Gasteiger partial charge < -0.3 is 14.4 Å². The van der Waals surface area contributed by atoms with Crippen LogP contribution in [0.5, 0.6) is 5.75 Å². The van der Waals surface area contributed by atoms with Crippen LogP contribution in [0.15, 0.2) is 33.9 Å². The number of terminal acetylenes is 1. The number of hydrogen-bond donors (Lipinski definition) is 1. The second-order valence-electron chi connectivity index (χ2n) is 6.01. The summed E-state index contributed by atoms with van der Waals surface area (Å²) < 4.78 is 9.29. The van der Waals surface area contributed by atoms with E-state index in [-0.39, 0.29) is 30.9 Å². The molecule has 27 heavy (non-hydrogen) atoms. The molecule has 2 aromatic heterocycles. The molecule has 3 aromatic rings. The molecule has 8 heteroatoms. The van der Waals surface area contributed by atoms with Gasteiger partial charge in [-0.2, -0.15) is 0 Å². The van der Waals surface area contributed by atoms with Crippen LogP contribution < -0.4 is 16.0 Å². The van der Waals surface area contributed by atoms with E-state index in [0.717, 1.165) is 10.1 Å². The van der Waals surface area contributed by atoms with Crippen molar-refractivity contribution in [3.8, 4) is 29.5 Å². The Morgan fingerprint density at radius 3 is 2.74 bits per heavy atom. The topological polar surface area (TPSA) is 91.3 Å². The summed E-state index contributed by atoms with van der Waals surface area (Å²) in [7, 11) is 3.28. The molecule has 1 N–H and O–H groups in total. The highest BCUT2D eigenvalue weighted by atomic mass is 16.5. The van der Waals surface area contributed by atoms with E-state index in [9.17, 15) is 9.59 Å². The zero-order valence-corrected chi connectivity index (χ0v) is 15.2. The number of aliphatic hydroxyl groups excluding tert-OH is 1. The third-order valence-corrected chi connectivity index (χ3v) is 4.36. The lowest BCUT2D eigenvalue weighted by molar-refractivity contribution is 0.279. The molecule has 140 valence electrons. The first-order valence-electron chi connectivity index (χ1n) is 8.42. The van der Waals surface area contributed by atoms with Crippen LogP contribution in [0.2, 0.25) is 0 Å². The number of nitrogens with zero attached hydrogens (tertiary/aromatic N) is 4. The predicted molar refractivity (Wildman–Crippen MR) is 102 cm³/mol. The Bertz CT molecular complexity index is 1150. The van der Waals surface area contributed by atoms with Gasteiger partial charge in [0.25, 0.3) is 5.56 Å². The lowest BCUT2D eigenvalue weighted by Gasteiger charge is -2.09. The molecule has 0 fully saturated rings. The first-order valence-corrected chi connectivity index (χ1v) is 8.42. The van der Waals surface area contributed by atoms with Crippen molar-refractivity contribution in [3.63, 3.8) is 0 Å². The van der Waals surface area contributed by atoms with Gasteiger partial charge >= 0.3 is 5.69 Å². The van der Waals surface area contributed by atoms with Gasteiger partial charge in [0.05, 0.1) is 13.7 Å². The molecule has 0 saturated heterocycles. The van der Waals surface area contributed by atoms with Crippen molar-refractivity contribution in [1.82, 2.24) is 18.7 Å². The summed E-state index contributed by atoms with van der Waals surface area (Å²) in [5, 5.41) is 9.16. The molecule has 1 aromatic carbocycles. The van der Waals surface area contributed by atoms with Gasteiger partial charge in [-0.15, -0.1) is 6.42 Å². The Morgan fingerprint density at radius 1 is 1.30 bits per heavy atom. The van der Waals surface area contributed by atoms with Crippen LogP contribution in [0.4, 0.5) is 0 Å². The number of rotatable bonds is 6. The second kappa shape index (κ2) is 7.51. The van der Waals surface area contributed by atoms with Crippen molar-refractivity contribution in [3.05, 3.63) is 45.1 Å². The van der Waals surface area contributed by atoms with Gasteiger partial charge in [-0.3, -0.25) is 9.36 Å². The van der Waals surface area contributed by atoms with Crippen molar-refractivity contribution in [2.75, 3.05) is 13.7 Å². The summed E-state index contributed by atoms with van der Waals surface area (Å²) >= 11 is 0. The quantitative estimate of drug-likeness (QED) is 0.643. The maximum atomic E-state index is 12.9. The molecule has 0 saturated carbocycles. The fourth-order valence-electron chi connectivity index (χ4n) is 3.04. The van der Waals surface area contributed by atoms with E-state index in [2.05, 4.69) is 10.9 Å². The summed E-state index contributed by atoms with van der Waals surface area (Å²) in [6.07, 6.45) is 5.68. The lowest BCUT2D eigenvalue weighted by Crippen LogP contribution is -2.40. The van der Waals surface area contributed by atoms with Crippen LogP contribution >= 0.6 is 0 Å². The van der Waals surface area contributed by atoms with Crippen LogP contribution in [0.3, 0.4) is 0 Å². The first-order chi connectivity index (χ1) is 13.0. The summed E-state index contributed by atoms with van der Waals surface area (Å²) in [6.45, 7) is 0.00935. The van der Waals surface area contributed by atoms with E-state index >= 15 is 0 Å². The smallest absolute Gasteiger partial charge is 0.333 e. The minimum absolute atomic E-state index is 0.0855. The van der Waals surface area contributed by atoms with Gasteiger partial charge in [-0.05, 0) is 18.6 Å². The Morgan fingerprint density at radius 2 is 2.07 bits per heavy atom. The number of ether oxygens (including phenoxy) is 1. The molecule has 0 atom stereocenters. The summed E-state index contributed by atoms with van der Waals surface area (Å²) in [6, 6.07) is 7.28. The fourth-order valence-corrected chi connectivity index (χ4v) is 3.04. The zero-order valence-electron chi connectivity index (χ0n) is 15.2. The molecule has 0 aliphatic rings. The molecule has 0 amide bonds. The van der Waals surface area contributed by atoms with E-state index in [1.807, 2.05) is 18.2 Å². The molecule has 2 heterocycles. The lowest BCUT2D eigenvalue weighted by atomic mass is 10.2. The van der Waals surface area contributed by atoms with Crippen molar-refractivity contribution in [2.45, 2.75) is 19.5 Å². The van der Waals surface area contributed by atoms with E-state index in [4.69, 9.17) is 16.3 Å². The summed E-state index contributed by atoms with van der Waals surface area (Å²) in [5.74, 6) is 3.52. The standard InChI is InChI=1S/C19H20N4O4/c1-4-9-23-18(25)15-17(22(19(23)26)10-6-11-24)20-16(21(15)2)13-7-5-8-14(12-13)27-3/h1,5,7-8,12,24H,6,9-11H2,2-3H3. The monoisotopic (exact) mass is 368 g/mol. The van der Waals surface area contributed by atoms with E-state index in [1.54, 1.807) is 24.8 Å². The minimum Gasteiger partial charge on any atom is -0.497 e. The fraction of sp³-hybridized carbons (Fsp3) is 0.316. The van der Waals surface area contributed by atoms with E-state index < -0.39 is 11.2 Å². The zero-order chi connectivity index (χ0) is 19.6. The SMILES string of the molecule is C#CCn1c(=O)c2c(nc(-c3cccc(OC)c3)n2C)n(CCCO)c1=O. The van der Waals surface area contributed by atoms with Crippen molar-refractivity contribution in [2.24, 2.45) is 7.05 Å². The number of aromatic nitrogens is 4. The van der Waals surface area contributed by atoms with Crippen LogP contribution in [0.25, 0.3) is 22.6 Å². The third-order valence-electron chi connectivity index (χ3n) is 4.36. The Balaban J connectivity index is 2.36. The van der Waals surface area contributed by atoms with Crippen molar-refractivity contribution < 1.29 is 9.84 Å². The molecule has 0 aliphatic carbocycles. The maximum Gasteiger partial charge on any atom is 0.333 e. The molecule has 0 unspecified atom stereocenters. The number of fused-ring (bicyclic) bond motifs is 1. The van der Waals surface area contributed by atoms with E-state index in [0.29, 0.717) is 18.0 Å². The molecule has 0 radical (unpaired) electrons. The number of hydrogen-bond acceptors (Lipinski definition) is 5. The highest BCUT2D eigenvalue weighted by Gasteiger charge is 2.20. The Labute approximate surface area is 155 Å². The molecular weight excluding hydrogens is 348 g/mol. The highest BCUT2D eigenvalue weighted by molar-refractivity contribution is 5.77. The molecule has 8 nitrogen and oxygen atoms in total. The van der Waals surface area contributed by atoms with Gasteiger partial charge in [0.2, 0.25) is 0 Å². The maximum absolute atomic E-state index is 12.9. The minimum atomic E-state index is -0.533. The molecule has 0 spiro atoms. The number of imidazole rings is 1.